The van der Waals surface area contributed by atoms with Gasteiger partial charge in [0.15, 0.2) is 5.54 Å². The predicted molar refractivity (Wildman–Crippen MR) is 48.0 cm³/mol. The molecule has 14 heavy (non-hydrogen) atoms. The summed E-state index contributed by atoms with van der Waals surface area (Å²) in [4.78, 5) is 11.5. The van der Waals surface area contributed by atoms with E-state index in [0.29, 0.717) is 5.88 Å². The summed E-state index contributed by atoms with van der Waals surface area (Å²) >= 11 is 0. The van der Waals surface area contributed by atoms with Gasteiger partial charge in [-0.25, -0.2) is 4.79 Å². The number of hydrogen-bond donors (Lipinski definition) is 0. The lowest BCUT2D eigenvalue weighted by Gasteiger charge is -2.12. The number of ether oxygens (including phenoxy) is 2. The summed E-state index contributed by atoms with van der Waals surface area (Å²) in [5.41, 5.74) is -0.564. The molecule has 1 saturated carbocycles. The van der Waals surface area contributed by atoms with Crippen molar-refractivity contribution in [3.63, 3.8) is 0 Å². The third-order valence-electron chi connectivity index (χ3n) is 2.50. The molecule has 0 spiro atoms. The average Bonchev–Trinajstić information content (AvgIpc) is 2.89. The van der Waals surface area contributed by atoms with Crippen LogP contribution in [-0.2, 0) is 15.1 Å². The molecule has 5 nitrogen and oxygen atoms in total. The van der Waals surface area contributed by atoms with E-state index in [0.717, 1.165) is 12.8 Å². The number of carbonyl (C=O) groups is 1. The Morgan fingerprint density at radius 1 is 1.57 bits per heavy atom. The monoisotopic (exact) mass is 196 g/mol. The van der Waals surface area contributed by atoms with Crippen molar-refractivity contribution in [1.82, 2.24) is 9.78 Å². The molecule has 0 bridgehead atoms. The average molecular weight is 196 g/mol. The molecule has 1 aliphatic carbocycles. The van der Waals surface area contributed by atoms with E-state index in [2.05, 4.69) is 5.10 Å². The van der Waals surface area contributed by atoms with Gasteiger partial charge in [0.05, 0.1) is 14.2 Å². The Hall–Kier alpha value is -1.52. The molecular formula is C9H12N2O3. The zero-order chi connectivity index (χ0) is 10.2. The van der Waals surface area contributed by atoms with E-state index < -0.39 is 5.54 Å². The van der Waals surface area contributed by atoms with Crippen LogP contribution in [0.3, 0.4) is 0 Å². The zero-order valence-corrected chi connectivity index (χ0v) is 8.19. The smallest absolute Gasteiger partial charge is 0.333 e. The van der Waals surface area contributed by atoms with E-state index in [4.69, 9.17) is 9.47 Å². The Morgan fingerprint density at radius 3 is 2.71 bits per heavy atom. The largest absolute Gasteiger partial charge is 0.480 e. The number of rotatable bonds is 3. The molecule has 1 aliphatic rings. The van der Waals surface area contributed by atoms with Gasteiger partial charge in [-0.1, -0.05) is 0 Å². The second-order valence-electron chi connectivity index (χ2n) is 3.33. The third-order valence-corrected chi connectivity index (χ3v) is 2.50. The molecule has 5 heteroatoms. The summed E-state index contributed by atoms with van der Waals surface area (Å²) in [6.07, 6.45) is 3.30. The van der Waals surface area contributed by atoms with E-state index in [-0.39, 0.29) is 5.97 Å². The predicted octanol–water partition coefficient (Wildman–Crippen LogP) is 0.554. The lowest BCUT2D eigenvalue weighted by Crippen LogP contribution is -2.29. The minimum Gasteiger partial charge on any atom is -0.480 e. The maximum absolute atomic E-state index is 11.5. The Bertz CT molecular complexity index is 355. The number of aromatic nitrogens is 2. The number of methoxy groups -OCH3 is 2. The highest BCUT2D eigenvalue weighted by atomic mass is 16.5. The summed E-state index contributed by atoms with van der Waals surface area (Å²) in [6.45, 7) is 0. The molecule has 1 fully saturated rings. The SMILES string of the molecule is COC(=O)C1(n2ccc(OC)n2)CC1. The van der Waals surface area contributed by atoms with Crippen LogP contribution < -0.4 is 4.74 Å². The minimum absolute atomic E-state index is 0.233. The quantitative estimate of drug-likeness (QED) is 0.662. The summed E-state index contributed by atoms with van der Waals surface area (Å²) < 4.78 is 11.3. The molecular weight excluding hydrogens is 184 g/mol. The Balaban J connectivity index is 2.26. The fourth-order valence-electron chi connectivity index (χ4n) is 1.49. The third kappa shape index (κ3) is 1.16. The van der Waals surface area contributed by atoms with Crippen LogP contribution in [0.5, 0.6) is 5.88 Å². The molecule has 2 rings (SSSR count). The van der Waals surface area contributed by atoms with Crippen LogP contribution in [0.4, 0.5) is 0 Å². The summed E-state index contributed by atoms with van der Waals surface area (Å²) in [5, 5.41) is 4.13. The fourth-order valence-corrected chi connectivity index (χ4v) is 1.49. The van der Waals surface area contributed by atoms with Crippen LogP contribution in [0.15, 0.2) is 12.3 Å². The lowest BCUT2D eigenvalue weighted by molar-refractivity contribution is -0.146. The molecule has 0 saturated heterocycles. The highest BCUT2D eigenvalue weighted by Gasteiger charge is 2.54. The lowest BCUT2D eigenvalue weighted by atomic mass is 10.3. The van der Waals surface area contributed by atoms with Crippen LogP contribution in [0.25, 0.3) is 0 Å². The maximum Gasteiger partial charge on any atom is 0.333 e. The molecule has 0 unspecified atom stereocenters. The summed E-state index contributed by atoms with van der Waals surface area (Å²) in [7, 11) is 2.94. The number of esters is 1. The molecule has 76 valence electrons. The summed E-state index contributed by atoms with van der Waals surface area (Å²) in [6, 6.07) is 1.73. The van der Waals surface area contributed by atoms with Crippen LogP contribution >= 0.6 is 0 Å². The van der Waals surface area contributed by atoms with Gasteiger partial charge < -0.3 is 9.47 Å². The molecule has 0 radical (unpaired) electrons. The van der Waals surface area contributed by atoms with Crippen LogP contribution in [-0.4, -0.2) is 30.0 Å². The number of hydrogen-bond acceptors (Lipinski definition) is 4. The molecule has 1 aromatic heterocycles. The van der Waals surface area contributed by atoms with Gasteiger partial charge in [-0.15, -0.1) is 5.10 Å². The zero-order valence-electron chi connectivity index (χ0n) is 8.19. The van der Waals surface area contributed by atoms with Gasteiger partial charge in [-0.3, -0.25) is 4.68 Å². The van der Waals surface area contributed by atoms with Gasteiger partial charge in [0.1, 0.15) is 0 Å². The first-order valence-electron chi connectivity index (χ1n) is 4.41. The van der Waals surface area contributed by atoms with Crippen molar-refractivity contribution in [2.45, 2.75) is 18.4 Å². The second-order valence-corrected chi connectivity index (χ2v) is 3.33. The van der Waals surface area contributed by atoms with Crippen molar-refractivity contribution in [2.75, 3.05) is 14.2 Å². The molecule has 0 atom stereocenters. The molecule has 0 aromatic carbocycles. The molecule has 0 aliphatic heterocycles. The van der Waals surface area contributed by atoms with E-state index in [9.17, 15) is 4.79 Å². The number of carbonyl (C=O) groups excluding carboxylic acids is 1. The fraction of sp³-hybridized carbons (Fsp3) is 0.556. The van der Waals surface area contributed by atoms with Gasteiger partial charge in [0.25, 0.3) is 0 Å². The summed E-state index contributed by atoms with van der Waals surface area (Å²) in [5.74, 6) is 0.281. The van der Waals surface area contributed by atoms with E-state index in [1.807, 2.05) is 0 Å². The van der Waals surface area contributed by atoms with Gasteiger partial charge in [0, 0.05) is 12.3 Å². The molecule has 0 N–H and O–H groups in total. The molecule has 1 heterocycles. The minimum atomic E-state index is -0.564. The normalized spacial score (nSPS) is 17.6. The second kappa shape index (κ2) is 3.01. The van der Waals surface area contributed by atoms with Crippen molar-refractivity contribution < 1.29 is 14.3 Å². The van der Waals surface area contributed by atoms with Crippen LogP contribution in [0, 0.1) is 0 Å². The first-order chi connectivity index (χ1) is 6.73. The van der Waals surface area contributed by atoms with Gasteiger partial charge >= 0.3 is 5.97 Å². The Kier molecular flexibility index (Phi) is 1.94. The van der Waals surface area contributed by atoms with Gasteiger partial charge in [0.2, 0.25) is 5.88 Å². The van der Waals surface area contributed by atoms with Gasteiger partial charge in [-0.05, 0) is 12.8 Å². The molecule has 1 aromatic rings. The van der Waals surface area contributed by atoms with E-state index in [1.165, 1.54) is 7.11 Å². The highest BCUT2D eigenvalue weighted by molar-refractivity contribution is 5.81. The van der Waals surface area contributed by atoms with Crippen molar-refractivity contribution in [1.29, 1.82) is 0 Å². The Morgan fingerprint density at radius 2 is 2.29 bits per heavy atom. The topological polar surface area (TPSA) is 53.4 Å². The van der Waals surface area contributed by atoms with E-state index in [1.54, 1.807) is 24.1 Å². The van der Waals surface area contributed by atoms with Crippen molar-refractivity contribution in [2.24, 2.45) is 0 Å². The first kappa shape index (κ1) is 9.05. The van der Waals surface area contributed by atoms with E-state index >= 15 is 0 Å². The standard InChI is InChI=1S/C9H12N2O3/c1-13-7-3-6-11(10-7)9(4-5-9)8(12)14-2/h3,6H,4-5H2,1-2H3. The van der Waals surface area contributed by atoms with Crippen LogP contribution in [0.2, 0.25) is 0 Å². The van der Waals surface area contributed by atoms with Crippen molar-refractivity contribution >= 4 is 5.97 Å². The highest BCUT2D eigenvalue weighted by Crippen LogP contribution is 2.44. The molecule has 0 amide bonds. The van der Waals surface area contributed by atoms with Gasteiger partial charge in [-0.2, -0.15) is 0 Å². The number of nitrogens with zero attached hydrogens (tertiary/aromatic N) is 2. The van der Waals surface area contributed by atoms with Crippen molar-refractivity contribution in [3.8, 4) is 5.88 Å². The maximum atomic E-state index is 11.5. The first-order valence-corrected chi connectivity index (χ1v) is 4.41. The van der Waals surface area contributed by atoms with Crippen LogP contribution in [0.1, 0.15) is 12.8 Å². The van der Waals surface area contributed by atoms with Crippen molar-refractivity contribution in [3.05, 3.63) is 12.3 Å². The Labute approximate surface area is 81.6 Å².